The fourth-order valence-electron chi connectivity index (χ4n) is 3.95. The quantitative estimate of drug-likeness (QED) is 0.609. The molecular weight excluding hydrogens is 368 g/mol. The van der Waals surface area contributed by atoms with Gasteiger partial charge in [0.2, 0.25) is 5.88 Å². The lowest BCUT2D eigenvalue weighted by Gasteiger charge is -2.09. The summed E-state index contributed by atoms with van der Waals surface area (Å²) in [6.07, 6.45) is 4.46. The topological polar surface area (TPSA) is 79.8 Å². The number of hydrogen-bond donors (Lipinski definition) is 0. The molecule has 1 saturated carbocycles. The first-order valence-electron chi connectivity index (χ1n) is 10.0. The van der Waals surface area contributed by atoms with E-state index in [1.165, 1.54) is 10.2 Å². The molecule has 3 aromatic rings. The summed E-state index contributed by atoms with van der Waals surface area (Å²) >= 11 is 0. The number of hydrogen-bond acceptors (Lipinski definition) is 5. The lowest BCUT2D eigenvalue weighted by Crippen LogP contribution is -2.24. The van der Waals surface area contributed by atoms with Crippen LogP contribution in [0, 0.1) is 19.8 Å². The van der Waals surface area contributed by atoms with Crippen LogP contribution < -0.4 is 10.3 Å². The molecule has 1 fully saturated rings. The van der Waals surface area contributed by atoms with Crippen molar-refractivity contribution in [2.75, 3.05) is 6.61 Å². The Morgan fingerprint density at radius 2 is 1.90 bits per heavy atom. The lowest BCUT2D eigenvalue weighted by molar-refractivity contribution is 0.277. The van der Waals surface area contributed by atoms with Gasteiger partial charge >= 0.3 is 0 Å². The maximum absolute atomic E-state index is 12.5. The molecule has 1 aliphatic carbocycles. The van der Waals surface area contributed by atoms with Crippen molar-refractivity contribution in [3.05, 3.63) is 56.9 Å². The van der Waals surface area contributed by atoms with Gasteiger partial charge in [0.25, 0.3) is 5.56 Å². The van der Waals surface area contributed by atoms with Gasteiger partial charge in [0.15, 0.2) is 0 Å². The van der Waals surface area contributed by atoms with Crippen LogP contribution in [0.2, 0.25) is 0 Å². The molecule has 0 bridgehead atoms. The molecule has 0 aromatic carbocycles. The Morgan fingerprint density at radius 1 is 1.10 bits per heavy atom. The van der Waals surface area contributed by atoms with Crippen LogP contribution in [0.3, 0.4) is 0 Å². The highest BCUT2D eigenvalue weighted by atomic mass is 16.5. The van der Waals surface area contributed by atoms with Crippen molar-refractivity contribution in [3.8, 4) is 5.88 Å². The average molecular weight is 396 g/mol. The third kappa shape index (κ3) is 3.97. The van der Waals surface area contributed by atoms with Crippen LogP contribution in [-0.2, 0) is 34.0 Å². The Labute approximate surface area is 170 Å². The van der Waals surface area contributed by atoms with E-state index in [9.17, 15) is 4.79 Å². The third-order valence-corrected chi connectivity index (χ3v) is 5.90. The Hall–Kier alpha value is -2.90. The van der Waals surface area contributed by atoms with Crippen LogP contribution in [0.4, 0.5) is 0 Å². The molecule has 0 saturated heterocycles. The summed E-state index contributed by atoms with van der Waals surface area (Å²) in [7, 11) is 5.55. The molecule has 29 heavy (non-hydrogen) atoms. The van der Waals surface area contributed by atoms with Crippen LogP contribution in [-0.4, -0.2) is 35.9 Å². The van der Waals surface area contributed by atoms with Gasteiger partial charge in [0.05, 0.1) is 18.0 Å². The van der Waals surface area contributed by atoms with Crippen LogP contribution in [0.25, 0.3) is 0 Å². The van der Waals surface area contributed by atoms with E-state index in [-0.39, 0.29) is 5.56 Å². The molecule has 8 nitrogen and oxygen atoms in total. The zero-order valence-electron chi connectivity index (χ0n) is 17.7. The summed E-state index contributed by atoms with van der Waals surface area (Å²) in [5, 5.41) is 13.2. The van der Waals surface area contributed by atoms with Crippen molar-refractivity contribution in [1.29, 1.82) is 0 Å². The maximum Gasteiger partial charge on any atom is 0.269 e. The van der Waals surface area contributed by atoms with E-state index in [4.69, 9.17) is 4.74 Å². The SMILES string of the molecule is Cc1nn(C)c(C)c1CCc1cc(OC[C@H]2C[C@@H]2c2ccn(C)n2)nn(C)c1=O. The van der Waals surface area contributed by atoms with E-state index in [2.05, 4.69) is 28.3 Å². The summed E-state index contributed by atoms with van der Waals surface area (Å²) < 4.78 is 11.0. The van der Waals surface area contributed by atoms with Crippen molar-refractivity contribution in [3.63, 3.8) is 0 Å². The monoisotopic (exact) mass is 396 g/mol. The van der Waals surface area contributed by atoms with Gasteiger partial charge in [-0.3, -0.25) is 14.2 Å². The normalized spacial score (nSPS) is 18.2. The highest BCUT2D eigenvalue weighted by Crippen LogP contribution is 2.46. The van der Waals surface area contributed by atoms with Gasteiger partial charge < -0.3 is 4.74 Å². The molecule has 2 atom stereocenters. The Morgan fingerprint density at radius 3 is 2.55 bits per heavy atom. The maximum atomic E-state index is 12.5. The van der Waals surface area contributed by atoms with Crippen molar-refractivity contribution >= 4 is 0 Å². The van der Waals surface area contributed by atoms with Gasteiger partial charge in [-0.2, -0.15) is 10.2 Å². The molecule has 0 radical (unpaired) electrons. The second-order valence-corrected chi connectivity index (χ2v) is 8.04. The van der Waals surface area contributed by atoms with Crippen LogP contribution in [0.1, 0.15) is 40.5 Å². The zero-order chi connectivity index (χ0) is 20.7. The Balaban J connectivity index is 1.41. The minimum absolute atomic E-state index is 0.0747. The average Bonchev–Trinajstić information content (AvgIpc) is 3.26. The standard InChI is InChI=1S/C21H28N6O2/c1-13-17(14(2)26(4)22-13)7-6-15-11-20(24-27(5)21(15)28)29-12-16-10-18(16)19-8-9-25(3)23-19/h8-9,11,16,18H,6-7,10,12H2,1-5H3/t16-,18+/m1/s1. The predicted octanol–water partition coefficient (Wildman–Crippen LogP) is 1.83. The third-order valence-electron chi connectivity index (χ3n) is 5.90. The van der Waals surface area contributed by atoms with Gasteiger partial charge in [-0.25, -0.2) is 4.68 Å². The highest BCUT2D eigenvalue weighted by Gasteiger charge is 2.40. The van der Waals surface area contributed by atoms with E-state index in [0.717, 1.165) is 35.5 Å². The van der Waals surface area contributed by atoms with E-state index >= 15 is 0 Å². The van der Waals surface area contributed by atoms with Crippen molar-refractivity contribution in [2.45, 2.75) is 39.0 Å². The van der Waals surface area contributed by atoms with E-state index in [1.807, 2.05) is 36.6 Å². The van der Waals surface area contributed by atoms with Gasteiger partial charge in [-0.15, -0.1) is 5.10 Å². The minimum Gasteiger partial charge on any atom is -0.476 e. The van der Waals surface area contributed by atoms with Crippen LogP contribution in [0.15, 0.2) is 23.1 Å². The number of nitrogens with zero attached hydrogens (tertiary/aromatic N) is 6. The first-order chi connectivity index (χ1) is 13.8. The number of aromatic nitrogens is 6. The molecule has 3 heterocycles. The zero-order valence-corrected chi connectivity index (χ0v) is 17.7. The number of rotatable bonds is 7. The lowest BCUT2D eigenvalue weighted by atomic mass is 10.0. The Kier molecular flexibility index (Phi) is 5.02. The van der Waals surface area contributed by atoms with Crippen LogP contribution >= 0.6 is 0 Å². The second-order valence-electron chi connectivity index (χ2n) is 8.04. The summed E-state index contributed by atoms with van der Waals surface area (Å²) in [4.78, 5) is 12.5. The molecule has 8 heteroatoms. The molecule has 4 rings (SSSR count). The van der Waals surface area contributed by atoms with E-state index in [1.54, 1.807) is 13.1 Å². The molecule has 1 aliphatic rings. The molecule has 0 aliphatic heterocycles. The first-order valence-corrected chi connectivity index (χ1v) is 10.0. The smallest absolute Gasteiger partial charge is 0.269 e. The van der Waals surface area contributed by atoms with E-state index in [0.29, 0.717) is 30.7 Å². The van der Waals surface area contributed by atoms with E-state index < -0.39 is 0 Å². The number of ether oxygens (including phenoxy) is 1. The highest BCUT2D eigenvalue weighted by molar-refractivity contribution is 5.27. The van der Waals surface area contributed by atoms with Gasteiger partial charge in [0.1, 0.15) is 0 Å². The molecule has 0 spiro atoms. The second kappa shape index (κ2) is 7.50. The summed E-state index contributed by atoms with van der Waals surface area (Å²) in [5.41, 5.74) is 5.12. The minimum atomic E-state index is -0.0747. The largest absolute Gasteiger partial charge is 0.476 e. The summed E-state index contributed by atoms with van der Waals surface area (Å²) in [5.74, 6) is 1.42. The Bertz CT molecular complexity index is 1090. The van der Waals surface area contributed by atoms with Crippen molar-refractivity contribution in [1.82, 2.24) is 29.3 Å². The fraction of sp³-hybridized carbons (Fsp3) is 0.524. The molecular formula is C21H28N6O2. The molecule has 154 valence electrons. The first kappa shape index (κ1) is 19.4. The van der Waals surface area contributed by atoms with Crippen molar-refractivity contribution in [2.24, 2.45) is 27.1 Å². The molecule has 0 unspecified atom stereocenters. The molecule has 0 N–H and O–H groups in total. The summed E-state index contributed by atoms with van der Waals surface area (Å²) in [6, 6.07) is 3.86. The van der Waals surface area contributed by atoms with Gasteiger partial charge in [0, 0.05) is 56.5 Å². The molecule has 3 aromatic heterocycles. The van der Waals surface area contributed by atoms with Gasteiger partial charge in [-0.1, -0.05) is 0 Å². The molecule has 0 amide bonds. The van der Waals surface area contributed by atoms with Gasteiger partial charge in [-0.05, 0) is 44.7 Å². The number of aryl methyl sites for hydroxylation is 5. The predicted molar refractivity (Wildman–Crippen MR) is 109 cm³/mol. The fourth-order valence-corrected chi connectivity index (χ4v) is 3.95. The van der Waals surface area contributed by atoms with Crippen molar-refractivity contribution < 1.29 is 4.74 Å². The van der Waals surface area contributed by atoms with Crippen LogP contribution in [0.5, 0.6) is 5.88 Å². The summed E-state index contributed by atoms with van der Waals surface area (Å²) in [6.45, 7) is 4.66.